The van der Waals surface area contributed by atoms with Crippen molar-refractivity contribution in [2.75, 3.05) is 0 Å². The normalized spacial score (nSPS) is 11.9. The lowest BCUT2D eigenvalue weighted by atomic mass is 10.0. The maximum atomic E-state index is 12.5. The molecule has 5 nitrogen and oxygen atoms in total. The van der Waals surface area contributed by atoms with Gasteiger partial charge in [-0.15, -0.1) is 0 Å². The second-order valence-electron chi connectivity index (χ2n) is 6.60. The smallest absolute Gasteiger partial charge is 0.222 e. The van der Waals surface area contributed by atoms with E-state index in [0.717, 1.165) is 11.3 Å². The molecular weight excluding hydrogens is 324 g/mol. The summed E-state index contributed by atoms with van der Waals surface area (Å²) in [6.07, 6.45) is 6.60. The van der Waals surface area contributed by atoms with Crippen molar-refractivity contribution in [1.29, 1.82) is 0 Å². The molecule has 5 heteroatoms. The molecule has 134 valence electrons. The average Bonchev–Trinajstić information content (AvgIpc) is 3.07. The van der Waals surface area contributed by atoms with Gasteiger partial charge in [-0.3, -0.25) is 14.5 Å². The number of aryl methyl sites for hydroxylation is 3. The van der Waals surface area contributed by atoms with Gasteiger partial charge >= 0.3 is 0 Å². The Labute approximate surface area is 154 Å². The van der Waals surface area contributed by atoms with E-state index in [-0.39, 0.29) is 11.9 Å². The van der Waals surface area contributed by atoms with Gasteiger partial charge < -0.3 is 5.32 Å². The fourth-order valence-corrected chi connectivity index (χ4v) is 2.84. The SMILES string of the molecule is Cc1ccc(C[C@@H](NC(=O)CCn2cc(C)cn2)c2ccccn2)cc1. The van der Waals surface area contributed by atoms with Crippen LogP contribution in [0.4, 0.5) is 0 Å². The highest BCUT2D eigenvalue weighted by Crippen LogP contribution is 2.17. The van der Waals surface area contributed by atoms with Crippen LogP contribution >= 0.6 is 0 Å². The van der Waals surface area contributed by atoms with Gasteiger partial charge in [0.25, 0.3) is 0 Å². The largest absolute Gasteiger partial charge is 0.347 e. The van der Waals surface area contributed by atoms with Crippen LogP contribution in [0.1, 0.15) is 34.8 Å². The second-order valence-corrected chi connectivity index (χ2v) is 6.60. The third-order valence-corrected chi connectivity index (χ3v) is 4.27. The number of carbonyl (C=O) groups excluding carboxylic acids is 1. The van der Waals surface area contributed by atoms with E-state index in [2.05, 4.69) is 46.6 Å². The van der Waals surface area contributed by atoms with Crippen molar-refractivity contribution in [3.05, 3.63) is 83.4 Å². The number of nitrogens with one attached hydrogen (secondary N) is 1. The zero-order valence-corrected chi connectivity index (χ0v) is 15.2. The Morgan fingerprint density at radius 1 is 1.12 bits per heavy atom. The summed E-state index contributed by atoms with van der Waals surface area (Å²) >= 11 is 0. The zero-order valence-electron chi connectivity index (χ0n) is 15.2. The van der Waals surface area contributed by atoms with Gasteiger partial charge in [0.15, 0.2) is 0 Å². The Morgan fingerprint density at radius 2 is 1.92 bits per heavy atom. The molecule has 0 bridgehead atoms. The van der Waals surface area contributed by atoms with Gasteiger partial charge in [-0.1, -0.05) is 35.9 Å². The molecule has 0 unspecified atom stereocenters. The number of nitrogens with zero attached hydrogens (tertiary/aromatic N) is 3. The molecule has 3 aromatic rings. The molecule has 0 aliphatic heterocycles. The highest BCUT2D eigenvalue weighted by atomic mass is 16.1. The van der Waals surface area contributed by atoms with Crippen LogP contribution in [0.15, 0.2) is 61.1 Å². The molecule has 2 heterocycles. The minimum atomic E-state index is -0.147. The zero-order chi connectivity index (χ0) is 18.4. The number of carbonyl (C=O) groups is 1. The summed E-state index contributed by atoms with van der Waals surface area (Å²) in [4.78, 5) is 16.9. The standard InChI is InChI=1S/C21H24N4O/c1-16-6-8-18(9-7-16)13-20(19-5-3-4-11-22-19)24-21(26)10-12-25-15-17(2)14-23-25/h3-9,11,14-15,20H,10,12-13H2,1-2H3,(H,24,26)/t20-/m1/s1. The summed E-state index contributed by atoms with van der Waals surface area (Å²) in [5.74, 6) is 0.000850. The predicted molar refractivity (Wildman–Crippen MR) is 102 cm³/mol. The molecule has 0 spiro atoms. The summed E-state index contributed by atoms with van der Waals surface area (Å²) in [5.41, 5.74) is 4.36. The third-order valence-electron chi connectivity index (χ3n) is 4.27. The molecule has 0 saturated heterocycles. The Kier molecular flexibility index (Phi) is 5.79. The summed E-state index contributed by atoms with van der Waals surface area (Å²) < 4.78 is 1.80. The molecule has 1 amide bonds. The fraction of sp³-hybridized carbons (Fsp3) is 0.286. The topological polar surface area (TPSA) is 59.8 Å². The minimum absolute atomic E-state index is 0.000850. The first-order valence-electron chi connectivity index (χ1n) is 8.85. The molecule has 0 saturated carbocycles. The number of rotatable bonds is 7. The second kappa shape index (κ2) is 8.43. The highest BCUT2D eigenvalue weighted by Gasteiger charge is 2.16. The summed E-state index contributed by atoms with van der Waals surface area (Å²) in [6, 6.07) is 14.0. The van der Waals surface area contributed by atoms with E-state index < -0.39 is 0 Å². The number of aromatic nitrogens is 3. The van der Waals surface area contributed by atoms with Crippen LogP contribution in [-0.4, -0.2) is 20.7 Å². The average molecular weight is 348 g/mol. The van der Waals surface area contributed by atoms with Crippen LogP contribution in [-0.2, 0) is 17.8 Å². The lowest BCUT2D eigenvalue weighted by molar-refractivity contribution is -0.122. The number of amides is 1. The first-order chi connectivity index (χ1) is 12.6. The molecule has 1 N–H and O–H groups in total. The van der Waals surface area contributed by atoms with Crippen molar-refractivity contribution < 1.29 is 4.79 Å². The van der Waals surface area contributed by atoms with Gasteiger partial charge in [0.1, 0.15) is 0 Å². The van der Waals surface area contributed by atoms with Gasteiger partial charge in [0, 0.05) is 25.4 Å². The Bertz CT molecular complexity index is 840. The van der Waals surface area contributed by atoms with Crippen molar-refractivity contribution in [2.45, 2.75) is 39.3 Å². The van der Waals surface area contributed by atoms with E-state index in [1.807, 2.05) is 31.3 Å². The maximum absolute atomic E-state index is 12.5. The van der Waals surface area contributed by atoms with Gasteiger partial charge in [-0.05, 0) is 43.5 Å². The predicted octanol–water partition coefficient (Wildman–Crippen LogP) is 3.39. The van der Waals surface area contributed by atoms with Crippen LogP contribution in [0.25, 0.3) is 0 Å². The Hall–Kier alpha value is -2.95. The highest BCUT2D eigenvalue weighted by molar-refractivity contribution is 5.76. The lowest BCUT2D eigenvalue weighted by Crippen LogP contribution is -2.31. The number of hydrogen-bond donors (Lipinski definition) is 1. The molecule has 0 fully saturated rings. The van der Waals surface area contributed by atoms with Crippen molar-refractivity contribution in [3.8, 4) is 0 Å². The molecule has 26 heavy (non-hydrogen) atoms. The van der Waals surface area contributed by atoms with E-state index in [9.17, 15) is 4.79 Å². The van der Waals surface area contributed by atoms with E-state index in [4.69, 9.17) is 0 Å². The van der Waals surface area contributed by atoms with Crippen molar-refractivity contribution in [3.63, 3.8) is 0 Å². The molecule has 0 aliphatic rings. The monoisotopic (exact) mass is 348 g/mol. The van der Waals surface area contributed by atoms with Crippen LogP contribution in [0.3, 0.4) is 0 Å². The molecule has 3 rings (SSSR count). The van der Waals surface area contributed by atoms with Gasteiger partial charge in [0.2, 0.25) is 5.91 Å². The van der Waals surface area contributed by atoms with Gasteiger partial charge in [-0.2, -0.15) is 5.10 Å². The van der Waals surface area contributed by atoms with Crippen molar-refractivity contribution >= 4 is 5.91 Å². The van der Waals surface area contributed by atoms with Crippen LogP contribution in [0.5, 0.6) is 0 Å². The summed E-state index contributed by atoms with van der Waals surface area (Å²) in [6.45, 7) is 4.63. The van der Waals surface area contributed by atoms with E-state index in [1.54, 1.807) is 17.1 Å². The lowest BCUT2D eigenvalue weighted by Gasteiger charge is -2.19. The fourth-order valence-electron chi connectivity index (χ4n) is 2.84. The van der Waals surface area contributed by atoms with Crippen molar-refractivity contribution in [2.24, 2.45) is 0 Å². The molecule has 0 aliphatic carbocycles. The summed E-state index contributed by atoms with van der Waals surface area (Å²) in [5, 5.41) is 7.36. The molecular formula is C21H24N4O. The number of benzene rings is 1. The van der Waals surface area contributed by atoms with Crippen LogP contribution in [0, 0.1) is 13.8 Å². The first kappa shape index (κ1) is 17.9. The number of pyridine rings is 1. The molecule has 1 atom stereocenters. The van der Waals surface area contributed by atoms with Crippen LogP contribution < -0.4 is 5.32 Å². The molecule has 2 aromatic heterocycles. The Balaban J connectivity index is 1.66. The van der Waals surface area contributed by atoms with E-state index in [1.165, 1.54) is 11.1 Å². The van der Waals surface area contributed by atoms with Gasteiger partial charge in [0.05, 0.1) is 17.9 Å². The van der Waals surface area contributed by atoms with Crippen LogP contribution in [0.2, 0.25) is 0 Å². The first-order valence-corrected chi connectivity index (χ1v) is 8.85. The van der Waals surface area contributed by atoms with E-state index >= 15 is 0 Å². The minimum Gasteiger partial charge on any atom is -0.347 e. The Morgan fingerprint density at radius 3 is 2.58 bits per heavy atom. The number of hydrogen-bond acceptors (Lipinski definition) is 3. The summed E-state index contributed by atoms with van der Waals surface area (Å²) in [7, 11) is 0. The quantitative estimate of drug-likeness (QED) is 0.712. The molecule has 0 radical (unpaired) electrons. The maximum Gasteiger partial charge on any atom is 0.222 e. The third kappa shape index (κ3) is 5.02. The molecule has 1 aromatic carbocycles. The van der Waals surface area contributed by atoms with Crippen molar-refractivity contribution in [1.82, 2.24) is 20.1 Å². The van der Waals surface area contributed by atoms with E-state index in [0.29, 0.717) is 19.4 Å². The van der Waals surface area contributed by atoms with Gasteiger partial charge in [-0.25, -0.2) is 0 Å².